The van der Waals surface area contributed by atoms with E-state index < -0.39 is 0 Å². The number of piperidine rings is 1. The molecule has 1 aliphatic heterocycles. The normalized spacial score (nSPS) is 17.3. The third-order valence-electron chi connectivity index (χ3n) is 6.19. The van der Waals surface area contributed by atoms with Gasteiger partial charge in [0.2, 0.25) is 0 Å². The minimum absolute atomic E-state index is 0.128. The Morgan fingerprint density at radius 1 is 1.10 bits per heavy atom. The number of amides is 1. The molecule has 5 heteroatoms. The Morgan fingerprint density at radius 2 is 1.90 bits per heavy atom. The van der Waals surface area contributed by atoms with E-state index in [1.54, 1.807) is 11.3 Å². The molecule has 29 heavy (non-hydrogen) atoms. The van der Waals surface area contributed by atoms with Crippen molar-refractivity contribution in [2.45, 2.75) is 51.6 Å². The number of para-hydroxylation sites is 1. The molecule has 1 saturated heterocycles. The molecule has 1 amide bonds. The van der Waals surface area contributed by atoms with Gasteiger partial charge in [0.15, 0.2) is 0 Å². The molecule has 1 aromatic heterocycles. The summed E-state index contributed by atoms with van der Waals surface area (Å²) in [5.74, 6) is 0.160. The molecule has 150 valence electrons. The molecule has 4 nitrogen and oxygen atoms in total. The first kappa shape index (κ1) is 18.6. The Labute approximate surface area is 175 Å². The summed E-state index contributed by atoms with van der Waals surface area (Å²) in [5, 5.41) is 0.744. The van der Waals surface area contributed by atoms with Crippen LogP contribution in [-0.2, 0) is 12.8 Å². The van der Waals surface area contributed by atoms with Crippen LogP contribution in [0.3, 0.4) is 0 Å². The van der Waals surface area contributed by atoms with E-state index in [9.17, 15) is 4.79 Å². The van der Waals surface area contributed by atoms with Gasteiger partial charge < -0.3 is 9.64 Å². The summed E-state index contributed by atoms with van der Waals surface area (Å²) in [6, 6.07) is 12.5. The highest BCUT2D eigenvalue weighted by atomic mass is 32.1. The molecule has 1 fully saturated rings. The van der Waals surface area contributed by atoms with E-state index in [1.165, 1.54) is 34.2 Å². The maximum Gasteiger partial charge on any atom is 0.274 e. The maximum atomic E-state index is 13.0. The minimum Gasteiger partial charge on any atom is -0.467 e. The van der Waals surface area contributed by atoms with Crippen LogP contribution in [0.15, 0.2) is 36.4 Å². The number of fused-ring (bicyclic) bond motifs is 2. The molecule has 2 aromatic carbocycles. The SMILES string of the molecule is Cc1cccc2sc(OC3CCN(C(=O)c4ccc5c(c4)CCCC5)CC3)nc12. The number of thiazole rings is 1. The van der Waals surface area contributed by atoms with E-state index >= 15 is 0 Å². The highest BCUT2D eigenvalue weighted by molar-refractivity contribution is 7.20. The zero-order valence-corrected chi connectivity index (χ0v) is 17.6. The van der Waals surface area contributed by atoms with Crippen molar-refractivity contribution in [3.63, 3.8) is 0 Å². The van der Waals surface area contributed by atoms with Gasteiger partial charge in [-0.25, -0.2) is 4.98 Å². The van der Waals surface area contributed by atoms with E-state index in [4.69, 9.17) is 4.74 Å². The molecule has 0 radical (unpaired) electrons. The number of carbonyl (C=O) groups excluding carboxylic acids is 1. The zero-order valence-electron chi connectivity index (χ0n) is 16.8. The number of likely N-dealkylation sites (tertiary alicyclic amines) is 1. The molecule has 0 bridgehead atoms. The molecule has 0 spiro atoms. The number of hydrogen-bond acceptors (Lipinski definition) is 4. The molecule has 2 aliphatic rings. The van der Waals surface area contributed by atoms with Crippen molar-refractivity contribution < 1.29 is 9.53 Å². The molecule has 2 heterocycles. The van der Waals surface area contributed by atoms with Gasteiger partial charge >= 0.3 is 0 Å². The average Bonchev–Trinajstić information content (AvgIpc) is 3.17. The first-order valence-corrected chi connectivity index (χ1v) is 11.4. The fourth-order valence-corrected chi connectivity index (χ4v) is 5.44. The Balaban J connectivity index is 1.22. The number of benzene rings is 2. The topological polar surface area (TPSA) is 42.4 Å². The lowest BCUT2D eigenvalue weighted by Gasteiger charge is -2.32. The van der Waals surface area contributed by atoms with Crippen molar-refractivity contribution >= 4 is 27.5 Å². The van der Waals surface area contributed by atoms with Gasteiger partial charge in [-0.1, -0.05) is 29.5 Å². The highest BCUT2D eigenvalue weighted by Gasteiger charge is 2.26. The summed E-state index contributed by atoms with van der Waals surface area (Å²) < 4.78 is 7.34. The maximum absolute atomic E-state index is 13.0. The van der Waals surface area contributed by atoms with Crippen molar-refractivity contribution in [2.24, 2.45) is 0 Å². The second-order valence-corrected chi connectivity index (χ2v) is 9.19. The second kappa shape index (κ2) is 7.79. The number of nitrogens with zero attached hydrogens (tertiary/aromatic N) is 2. The van der Waals surface area contributed by atoms with Crippen LogP contribution in [-0.4, -0.2) is 35.0 Å². The predicted octanol–water partition coefficient (Wildman–Crippen LogP) is 5.17. The van der Waals surface area contributed by atoms with Crippen molar-refractivity contribution in [2.75, 3.05) is 13.1 Å². The van der Waals surface area contributed by atoms with Gasteiger partial charge in [0.1, 0.15) is 6.10 Å². The summed E-state index contributed by atoms with van der Waals surface area (Å²) in [7, 11) is 0. The number of rotatable bonds is 3. The fourth-order valence-electron chi connectivity index (χ4n) is 4.48. The van der Waals surface area contributed by atoms with Crippen LogP contribution < -0.4 is 4.74 Å². The number of carbonyl (C=O) groups is 1. The van der Waals surface area contributed by atoms with Crippen molar-refractivity contribution in [3.05, 3.63) is 58.7 Å². The standard InChI is InChI=1S/C24H26N2O2S/c1-16-5-4-8-21-22(16)25-24(29-21)28-20-11-13-26(14-12-20)23(27)19-10-9-17-6-2-3-7-18(17)15-19/h4-5,8-10,15,20H,2-3,6-7,11-14H2,1H3. The second-order valence-electron chi connectivity index (χ2n) is 8.20. The van der Waals surface area contributed by atoms with Crippen LogP contribution in [0.2, 0.25) is 0 Å². The van der Waals surface area contributed by atoms with Gasteiger partial charge in [-0.05, 0) is 67.5 Å². The summed E-state index contributed by atoms with van der Waals surface area (Å²) >= 11 is 1.61. The van der Waals surface area contributed by atoms with E-state index in [0.29, 0.717) is 0 Å². The average molecular weight is 407 g/mol. The summed E-state index contributed by atoms with van der Waals surface area (Å²) in [4.78, 5) is 19.6. The van der Waals surface area contributed by atoms with Gasteiger partial charge in [0, 0.05) is 31.5 Å². The monoisotopic (exact) mass is 406 g/mol. The Hall–Kier alpha value is -2.40. The van der Waals surface area contributed by atoms with Crippen LogP contribution in [0.4, 0.5) is 0 Å². The molecule has 5 rings (SSSR count). The number of aryl methyl sites for hydroxylation is 3. The number of aromatic nitrogens is 1. The summed E-state index contributed by atoms with van der Waals surface area (Å²) in [6.45, 7) is 3.56. The van der Waals surface area contributed by atoms with Crippen molar-refractivity contribution in [1.82, 2.24) is 9.88 Å². The quantitative estimate of drug-likeness (QED) is 0.603. The smallest absolute Gasteiger partial charge is 0.274 e. The van der Waals surface area contributed by atoms with Crippen LogP contribution in [0.25, 0.3) is 10.2 Å². The van der Waals surface area contributed by atoms with Crippen molar-refractivity contribution in [1.29, 1.82) is 0 Å². The molecule has 0 saturated carbocycles. The molecule has 0 unspecified atom stereocenters. The predicted molar refractivity (Wildman–Crippen MR) is 117 cm³/mol. The summed E-state index contributed by atoms with van der Waals surface area (Å²) in [5.41, 5.74) is 5.84. The van der Waals surface area contributed by atoms with E-state index in [-0.39, 0.29) is 12.0 Å². The summed E-state index contributed by atoms with van der Waals surface area (Å²) in [6.07, 6.45) is 6.59. The Kier molecular flexibility index (Phi) is 5.00. The van der Waals surface area contributed by atoms with Crippen LogP contribution in [0, 0.1) is 6.92 Å². The largest absolute Gasteiger partial charge is 0.467 e. The van der Waals surface area contributed by atoms with Gasteiger partial charge in [-0.15, -0.1) is 0 Å². The number of ether oxygens (including phenoxy) is 1. The first-order valence-electron chi connectivity index (χ1n) is 10.6. The van der Waals surface area contributed by atoms with E-state index in [2.05, 4.69) is 42.2 Å². The lowest BCUT2D eigenvalue weighted by Crippen LogP contribution is -2.41. The van der Waals surface area contributed by atoms with Crippen LogP contribution >= 0.6 is 11.3 Å². The van der Waals surface area contributed by atoms with Crippen LogP contribution in [0.5, 0.6) is 5.19 Å². The third-order valence-corrected chi connectivity index (χ3v) is 7.10. The van der Waals surface area contributed by atoms with Crippen molar-refractivity contribution in [3.8, 4) is 5.19 Å². The lowest BCUT2D eigenvalue weighted by molar-refractivity contribution is 0.0595. The van der Waals surface area contributed by atoms with E-state index in [0.717, 1.165) is 55.0 Å². The molecule has 0 atom stereocenters. The van der Waals surface area contributed by atoms with Crippen LogP contribution in [0.1, 0.15) is 52.7 Å². The molecular weight excluding hydrogens is 380 g/mol. The lowest BCUT2D eigenvalue weighted by atomic mass is 9.90. The van der Waals surface area contributed by atoms with E-state index in [1.807, 2.05) is 11.0 Å². The zero-order chi connectivity index (χ0) is 19.8. The molecule has 3 aromatic rings. The third kappa shape index (κ3) is 3.76. The van der Waals surface area contributed by atoms with Gasteiger partial charge in [0.25, 0.3) is 11.1 Å². The van der Waals surface area contributed by atoms with Gasteiger partial charge in [-0.2, -0.15) is 0 Å². The minimum atomic E-state index is 0.128. The Bertz CT molecular complexity index is 1050. The number of hydrogen-bond donors (Lipinski definition) is 0. The molecule has 1 aliphatic carbocycles. The Morgan fingerprint density at radius 3 is 2.69 bits per heavy atom. The highest BCUT2D eigenvalue weighted by Crippen LogP contribution is 2.31. The first-order chi connectivity index (χ1) is 14.2. The van der Waals surface area contributed by atoms with Gasteiger partial charge in [0.05, 0.1) is 10.2 Å². The molecular formula is C24H26N2O2S. The van der Waals surface area contributed by atoms with Gasteiger partial charge in [-0.3, -0.25) is 4.79 Å². The molecule has 0 N–H and O–H groups in total. The fraction of sp³-hybridized carbons (Fsp3) is 0.417.